The van der Waals surface area contributed by atoms with Crippen molar-refractivity contribution in [1.29, 1.82) is 0 Å². The molecule has 5 nitrogen and oxygen atoms in total. The lowest BCUT2D eigenvalue weighted by molar-refractivity contribution is -0.132. The molecule has 0 bridgehead atoms. The molecule has 1 aromatic rings. The van der Waals surface area contributed by atoms with Crippen molar-refractivity contribution in [3.63, 3.8) is 0 Å². The van der Waals surface area contributed by atoms with Crippen LogP contribution < -0.4 is 5.32 Å². The van der Waals surface area contributed by atoms with Gasteiger partial charge in [-0.15, -0.1) is 0 Å². The van der Waals surface area contributed by atoms with E-state index in [1.807, 2.05) is 0 Å². The smallest absolute Gasteiger partial charge is 0.256 e. The van der Waals surface area contributed by atoms with Crippen molar-refractivity contribution < 1.29 is 14.0 Å². The topological polar surface area (TPSA) is 62.6 Å². The maximum absolute atomic E-state index is 11.8. The minimum Gasteiger partial charge on any atom is -0.452 e. The highest BCUT2D eigenvalue weighted by Crippen LogP contribution is 2.17. The number of carbonyl (C=O) groups is 2. The molecule has 1 aliphatic heterocycles. The molecule has 1 N–H and O–H groups in total. The number of rotatable bonds is 2. The molecule has 6 heteroatoms. The van der Waals surface area contributed by atoms with Gasteiger partial charge in [-0.05, 0) is 24.1 Å². The van der Waals surface area contributed by atoms with E-state index in [2.05, 4.69) is 5.32 Å². The normalized spacial score (nSPS) is 20.5. The number of furan rings is 1. The third-order valence-corrected chi connectivity index (χ3v) is 3.12. The van der Waals surface area contributed by atoms with Crippen molar-refractivity contribution >= 4 is 23.4 Å². The largest absolute Gasteiger partial charge is 0.452 e. The fourth-order valence-electron chi connectivity index (χ4n) is 1.85. The summed E-state index contributed by atoms with van der Waals surface area (Å²) in [6.07, 6.45) is 2.48. The lowest BCUT2D eigenvalue weighted by atomic mass is 10.1. The Labute approximate surface area is 104 Å². The van der Waals surface area contributed by atoms with Crippen molar-refractivity contribution in [2.75, 3.05) is 13.6 Å². The first-order valence-electron chi connectivity index (χ1n) is 5.35. The van der Waals surface area contributed by atoms with Crippen molar-refractivity contribution in [2.24, 2.45) is 0 Å². The summed E-state index contributed by atoms with van der Waals surface area (Å²) in [7, 11) is 1.73. The Kier molecular flexibility index (Phi) is 3.38. The van der Waals surface area contributed by atoms with Crippen LogP contribution in [0, 0.1) is 0 Å². The van der Waals surface area contributed by atoms with Crippen LogP contribution in [0.2, 0.25) is 5.22 Å². The molecule has 1 fully saturated rings. The Balaban J connectivity index is 1.96. The number of piperidine rings is 1. The van der Waals surface area contributed by atoms with Crippen LogP contribution >= 0.6 is 11.6 Å². The molecule has 2 amide bonds. The number of hydrogen-bond donors (Lipinski definition) is 1. The first-order valence-corrected chi connectivity index (χ1v) is 5.73. The van der Waals surface area contributed by atoms with Crippen molar-refractivity contribution in [3.05, 3.63) is 23.1 Å². The number of halogens is 1. The molecular formula is C11H13ClN2O3. The number of likely N-dealkylation sites (N-methyl/N-ethyl adjacent to an activating group) is 1. The van der Waals surface area contributed by atoms with E-state index in [1.165, 1.54) is 12.3 Å². The Morgan fingerprint density at radius 1 is 1.65 bits per heavy atom. The van der Waals surface area contributed by atoms with Crippen LogP contribution in [0.5, 0.6) is 0 Å². The SMILES string of the molecule is CN1CC(NC(=O)c2ccoc2Cl)CCC1=O. The molecule has 17 heavy (non-hydrogen) atoms. The van der Waals surface area contributed by atoms with Crippen molar-refractivity contribution in [3.8, 4) is 0 Å². The minimum atomic E-state index is -0.267. The molecule has 2 heterocycles. The molecule has 1 aromatic heterocycles. The van der Waals surface area contributed by atoms with Crippen LogP contribution in [-0.4, -0.2) is 36.3 Å². The van der Waals surface area contributed by atoms with Gasteiger partial charge in [0, 0.05) is 26.1 Å². The molecule has 92 valence electrons. The summed E-state index contributed by atoms with van der Waals surface area (Å²) in [5.41, 5.74) is 0.325. The van der Waals surface area contributed by atoms with Crippen molar-refractivity contribution in [2.45, 2.75) is 18.9 Å². The third-order valence-electron chi connectivity index (χ3n) is 2.82. The third kappa shape index (κ3) is 2.61. The van der Waals surface area contributed by atoms with Gasteiger partial charge >= 0.3 is 0 Å². The van der Waals surface area contributed by atoms with Crippen LogP contribution in [0.25, 0.3) is 0 Å². The zero-order valence-electron chi connectivity index (χ0n) is 9.40. The zero-order valence-corrected chi connectivity index (χ0v) is 10.2. The second kappa shape index (κ2) is 4.79. The molecule has 0 spiro atoms. The number of nitrogens with one attached hydrogen (secondary N) is 1. The summed E-state index contributed by atoms with van der Waals surface area (Å²) in [6.45, 7) is 0.528. The quantitative estimate of drug-likeness (QED) is 0.867. The highest BCUT2D eigenvalue weighted by atomic mass is 35.5. The van der Waals surface area contributed by atoms with Gasteiger partial charge in [-0.2, -0.15) is 0 Å². The van der Waals surface area contributed by atoms with E-state index in [1.54, 1.807) is 11.9 Å². The van der Waals surface area contributed by atoms with Gasteiger partial charge in [0.05, 0.1) is 11.8 Å². The van der Waals surface area contributed by atoms with E-state index < -0.39 is 0 Å². The van der Waals surface area contributed by atoms with E-state index >= 15 is 0 Å². The van der Waals surface area contributed by atoms with Gasteiger partial charge in [0.2, 0.25) is 11.1 Å². The molecule has 1 saturated heterocycles. The Bertz CT molecular complexity index is 444. The highest BCUT2D eigenvalue weighted by Gasteiger charge is 2.25. The maximum atomic E-state index is 11.8. The summed E-state index contributed by atoms with van der Waals surface area (Å²) in [5, 5.41) is 2.92. The molecule has 0 aromatic carbocycles. The van der Waals surface area contributed by atoms with Gasteiger partial charge in [0.15, 0.2) is 0 Å². The van der Waals surface area contributed by atoms with Gasteiger partial charge in [0.1, 0.15) is 0 Å². The van der Waals surface area contributed by atoms with E-state index in [-0.39, 0.29) is 23.1 Å². The number of likely N-dealkylation sites (tertiary alicyclic amines) is 1. The maximum Gasteiger partial charge on any atom is 0.256 e. The van der Waals surface area contributed by atoms with Gasteiger partial charge in [-0.25, -0.2) is 0 Å². The van der Waals surface area contributed by atoms with Crippen LogP contribution in [0.1, 0.15) is 23.2 Å². The lowest BCUT2D eigenvalue weighted by Crippen LogP contribution is -2.48. The molecule has 1 aliphatic rings. The second-order valence-electron chi connectivity index (χ2n) is 4.09. The Morgan fingerprint density at radius 2 is 2.41 bits per heavy atom. The Morgan fingerprint density at radius 3 is 3.00 bits per heavy atom. The first-order chi connectivity index (χ1) is 8.08. The predicted molar refractivity (Wildman–Crippen MR) is 61.8 cm³/mol. The van der Waals surface area contributed by atoms with Crippen LogP contribution in [-0.2, 0) is 4.79 Å². The van der Waals surface area contributed by atoms with Crippen LogP contribution in [0.4, 0.5) is 0 Å². The van der Waals surface area contributed by atoms with Gasteiger partial charge < -0.3 is 14.6 Å². The van der Waals surface area contributed by atoms with E-state index in [0.717, 1.165) is 0 Å². The van der Waals surface area contributed by atoms with Gasteiger partial charge in [-0.1, -0.05) is 0 Å². The van der Waals surface area contributed by atoms with E-state index in [9.17, 15) is 9.59 Å². The first kappa shape index (κ1) is 12.0. The van der Waals surface area contributed by atoms with Gasteiger partial charge in [-0.3, -0.25) is 9.59 Å². The van der Waals surface area contributed by atoms with Crippen molar-refractivity contribution in [1.82, 2.24) is 10.2 Å². The number of carbonyl (C=O) groups excluding carboxylic acids is 2. The van der Waals surface area contributed by atoms with Gasteiger partial charge in [0.25, 0.3) is 5.91 Å². The molecule has 2 rings (SSSR count). The standard InChI is InChI=1S/C11H13ClN2O3/c1-14-6-7(2-3-9(14)15)13-11(16)8-4-5-17-10(8)12/h4-5,7H,2-3,6H2,1H3,(H,13,16). The lowest BCUT2D eigenvalue weighted by Gasteiger charge is -2.30. The average molecular weight is 257 g/mol. The summed E-state index contributed by atoms with van der Waals surface area (Å²) in [5.74, 6) is -0.159. The van der Waals surface area contributed by atoms with E-state index in [4.69, 9.17) is 16.0 Å². The summed E-state index contributed by atoms with van der Waals surface area (Å²) in [6, 6.07) is 1.49. The molecule has 1 unspecified atom stereocenters. The predicted octanol–water partition coefficient (Wildman–Crippen LogP) is 1.28. The zero-order chi connectivity index (χ0) is 12.4. The number of nitrogens with zero attached hydrogens (tertiary/aromatic N) is 1. The molecular weight excluding hydrogens is 244 g/mol. The summed E-state index contributed by atoms with van der Waals surface area (Å²) in [4.78, 5) is 24.7. The fourth-order valence-corrected chi connectivity index (χ4v) is 2.05. The fraction of sp³-hybridized carbons (Fsp3) is 0.455. The molecule has 0 saturated carbocycles. The molecule has 0 radical (unpaired) electrons. The monoisotopic (exact) mass is 256 g/mol. The average Bonchev–Trinajstić information content (AvgIpc) is 2.70. The summed E-state index contributed by atoms with van der Waals surface area (Å²) >= 11 is 5.71. The number of amides is 2. The van der Waals surface area contributed by atoms with Crippen LogP contribution in [0.15, 0.2) is 16.7 Å². The Hall–Kier alpha value is -1.49. The molecule has 0 aliphatic carbocycles. The van der Waals surface area contributed by atoms with Crippen LogP contribution in [0.3, 0.4) is 0 Å². The summed E-state index contributed by atoms with van der Waals surface area (Å²) < 4.78 is 4.85. The highest BCUT2D eigenvalue weighted by molar-refractivity contribution is 6.32. The number of hydrogen-bond acceptors (Lipinski definition) is 3. The second-order valence-corrected chi connectivity index (χ2v) is 4.43. The van der Waals surface area contributed by atoms with E-state index in [0.29, 0.717) is 24.9 Å². The molecule has 1 atom stereocenters. The minimum absolute atomic E-state index is 0.0313.